The van der Waals surface area contributed by atoms with Gasteiger partial charge in [-0.15, -0.1) is 23.1 Å². The Morgan fingerprint density at radius 3 is 2.81 bits per heavy atom. The number of hydrogen-bond donors (Lipinski definition) is 2. The number of aldehydes is 1. The van der Waals surface area contributed by atoms with E-state index in [9.17, 15) is 4.79 Å². The van der Waals surface area contributed by atoms with E-state index in [1.807, 2.05) is 6.26 Å². The molecule has 4 N–H and O–H groups in total. The molecular weight excluding hydrogens is 304 g/mol. The molecule has 1 aliphatic heterocycles. The van der Waals surface area contributed by atoms with Gasteiger partial charge in [0.2, 0.25) is 0 Å². The molecule has 3 heterocycles. The number of anilines is 2. The van der Waals surface area contributed by atoms with Gasteiger partial charge in [-0.3, -0.25) is 4.79 Å². The molecule has 0 unspecified atom stereocenters. The number of piperidine rings is 1. The normalized spacial score (nSPS) is 16.6. The van der Waals surface area contributed by atoms with E-state index in [1.165, 1.54) is 11.3 Å². The van der Waals surface area contributed by atoms with Crippen molar-refractivity contribution in [3.05, 3.63) is 10.9 Å². The van der Waals surface area contributed by atoms with Crippen LogP contribution in [0.1, 0.15) is 22.5 Å². The molecule has 0 amide bonds. The number of nitrogen functional groups attached to an aromatic ring is 1. The molecule has 0 atom stereocenters. The molecule has 112 valence electrons. The summed E-state index contributed by atoms with van der Waals surface area (Å²) >= 11 is 3.00. The lowest BCUT2D eigenvalue weighted by molar-refractivity contribution is 0.112. The zero-order valence-corrected chi connectivity index (χ0v) is 13.5. The van der Waals surface area contributed by atoms with Gasteiger partial charge in [-0.05, 0) is 25.2 Å². The van der Waals surface area contributed by atoms with Crippen LogP contribution in [-0.2, 0) is 0 Å². The number of thioether (sulfide) groups is 1. The van der Waals surface area contributed by atoms with Gasteiger partial charge in [-0.2, -0.15) is 0 Å². The third kappa shape index (κ3) is 2.61. The van der Waals surface area contributed by atoms with Crippen molar-refractivity contribution in [2.45, 2.75) is 23.8 Å². The molecule has 3 rings (SSSR count). The Bertz CT molecular complexity index is 677. The van der Waals surface area contributed by atoms with Crippen LogP contribution >= 0.6 is 23.1 Å². The summed E-state index contributed by atoms with van der Waals surface area (Å²) in [4.78, 5) is 20.5. The molecule has 1 saturated heterocycles. The minimum Gasteiger partial charge on any atom is -0.397 e. The minimum absolute atomic E-state index is 0.295. The molecule has 2 aromatic rings. The van der Waals surface area contributed by atoms with E-state index in [1.54, 1.807) is 11.8 Å². The Labute approximate surface area is 131 Å². The maximum Gasteiger partial charge on any atom is 0.162 e. The predicted octanol–water partition coefficient (Wildman–Crippen LogP) is 2.34. The molecule has 21 heavy (non-hydrogen) atoms. The van der Waals surface area contributed by atoms with Gasteiger partial charge in [-0.25, -0.2) is 4.98 Å². The number of aromatic nitrogens is 1. The highest BCUT2D eigenvalue weighted by Gasteiger charge is 2.21. The molecule has 7 heteroatoms. The summed E-state index contributed by atoms with van der Waals surface area (Å²) in [5, 5.41) is 0.909. The Morgan fingerprint density at radius 2 is 2.19 bits per heavy atom. The van der Waals surface area contributed by atoms with E-state index in [0.29, 0.717) is 16.6 Å². The van der Waals surface area contributed by atoms with Gasteiger partial charge >= 0.3 is 0 Å². The average Bonchev–Trinajstić information content (AvgIpc) is 2.83. The summed E-state index contributed by atoms with van der Waals surface area (Å²) in [5.41, 5.74) is 12.6. The topological polar surface area (TPSA) is 85.2 Å². The molecular formula is C14H18N4OS2. The van der Waals surface area contributed by atoms with Crippen molar-refractivity contribution in [3.63, 3.8) is 0 Å². The lowest BCUT2D eigenvalue weighted by atomic mass is 10.1. The molecule has 0 aromatic carbocycles. The lowest BCUT2D eigenvalue weighted by Gasteiger charge is -2.31. The number of nitrogens with zero attached hydrogens (tertiary/aromatic N) is 2. The average molecular weight is 322 g/mol. The van der Waals surface area contributed by atoms with E-state index in [0.717, 1.165) is 53.1 Å². The Morgan fingerprint density at radius 1 is 1.48 bits per heavy atom. The molecule has 5 nitrogen and oxygen atoms in total. The quantitative estimate of drug-likeness (QED) is 0.666. The van der Waals surface area contributed by atoms with Crippen molar-refractivity contribution in [1.82, 2.24) is 4.98 Å². The Balaban J connectivity index is 2.07. The number of pyridine rings is 1. The van der Waals surface area contributed by atoms with Crippen LogP contribution < -0.4 is 16.4 Å². The van der Waals surface area contributed by atoms with Gasteiger partial charge in [0.25, 0.3) is 0 Å². The highest BCUT2D eigenvalue weighted by atomic mass is 32.2. The highest BCUT2D eigenvalue weighted by Crippen LogP contribution is 2.39. The second-order valence-corrected chi connectivity index (χ2v) is 7.06. The maximum absolute atomic E-state index is 11.1. The number of hydrogen-bond acceptors (Lipinski definition) is 7. The summed E-state index contributed by atoms with van der Waals surface area (Å²) in [7, 11) is 0. The van der Waals surface area contributed by atoms with Crippen LogP contribution in [0.15, 0.2) is 11.0 Å². The van der Waals surface area contributed by atoms with E-state index in [2.05, 4.69) is 11.0 Å². The number of rotatable bonds is 3. The van der Waals surface area contributed by atoms with Crippen molar-refractivity contribution in [1.29, 1.82) is 0 Å². The first-order chi connectivity index (χ1) is 10.1. The van der Waals surface area contributed by atoms with Crippen molar-refractivity contribution in [2.24, 2.45) is 5.73 Å². The molecule has 1 aliphatic rings. The fourth-order valence-electron chi connectivity index (χ4n) is 2.63. The van der Waals surface area contributed by atoms with Crippen molar-refractivity contribution >= 4 is 51.1 Å². The van der Waals surface area contributed by atoms with Crippen LogP contribution in [-0.4, -0.2) is 36.7 Å². The zero-order chi connectivity index (χ0) is 15.0. The first-order valence-electron chi connectivity index (χ1n) is 6.86. The largest absolute Gasteiger partial charge is 0.397 e. The summed E-state index contributed by atoms with van der Waals surface area (Å²) in [6.45, 7) is 1.85. The zero-order valence-electron chi connectivity index (χ0n) is 11.8. The van der Waals surface area contributed by atoms with Gasteiger partial charge in [-0.1, -0.05) is 0 Å². The second-order valence-electron chi connectivity index (χ2n) is 5.19. The number of carbonyl (C=O) groups is 1. The van der Waals surface area contributed by atoms with Crippen molar-refractivity contribution in [3.8, 4) is 0 Å². The Hall–Kier alpha value is -1.31. The molecule has 0 bridgehead atoms. The van der Waals surface area contributed by atoms with Crippen molar-refractivity contribution in [2.75, 3.05) is 30.0 Å². The molecule has 0 saturated carbocycles. The smallest absolute Gasteiger partial charge is 0.162 e. The standard InChI is InChI=1S/C14H18N4OS2/c1-20-9-6-11(18-4-2-8(15)3-5-18)17-14-12(9)13(16)10(7-19)21-14/h6-8H,2-5,15-16H2,1H3. The third-order valence-corrected chi connectivity index (χ3v) is 5.66. The van der Waals surface area contributed by atoms with Crippen LogP contribution in [0.2, 0.25) is 0 Å². The van der Waals surface area contributed by atoms with Crippen LogP contribution in [0.3, 0.4) is 0 Å². The van der Waals surface area contributed by atoms with Crippen LogP contribution in [0.4, 0.5) is 11.5 Å². The highest BCUT2D eigenvalue weighted by molar-refractivity contribution is 7.98. The van der Waals surface area contributed by atoms with E-state index in [4.69, 9.17) is 16.5 Å². The summed E-state index contributed by atoms with van der Waals surface area (Å²) < 4.78 is 0. The summed E-state index contributed by atoms with van der Waals surface area (Å²) in [5.74, 6) is 0.956. The molecule has 0 aliphatic carbocycles. The molecule has 2 aromatic heterocycles. The monoisotopic (exact) mass is 322 g/mol. The first-order valence-corrected chi connectivity index (χ1v) is 8.91. The molecule has 0 spiro atoms. The van der Waals surface area contributed by atoms with E-state index < -0.39 is 0 Å². The number of carbonyl (C=O) groups excluding carboxylic acids is 1. The Kier molecular flexibility index (Phi) is 4.05. The molecule has 0 radical (unpaired) electrons. The van der Waals surface area contributed by atoms with Gasteiger partial charge in [0.05, 0.1) is 10.6 Å². The fraction of sp³-hybridized carbons (Fsp3) is 0.429. The van der Waals surface area contributed by atoms with Gasteiger partial charge in [0, 0.05) is 29.4 Å². The SMILES string of the molecule is CSc1cc(N2CCC(N)CC2)nc2sc(C=O)c(N)c12. The predicted molar refractivity (Wildman–Crippen MR) is 90.6 cm³/mol. The van der Waals surface area contributed by atoms with Gasteiger partial charge in [0.1, 0.15) is 10.6 Å². The van der Waals surface area contributed by atoms with Crippen LogP contribution in [0.5, 0.6) is 0 Å². The summed E-state index contributed by atoms with van der Waals surface area (Å²) in [6.07, 6.45) is 4.80. The van der Waals surface area contributed by atoms with E-state index in [-0.39, 0.29) is 0 Å². The molecule has 1 fully saturated rings. The summed E-state index contributed by atoms with van der Waals surface area (Å²) in [6, 6.07) is 2.37. The van der Waals surface area contributed by atoms with E-state index >= 15 is 0 Å². The maximum atomic E-state index is 11.1. The second kappa shape index (κ2) is 5.82. The number of fused-ring (bicyclic) bond motifs is 1. The number of thiophene rings is 1. The van der Waals surface area contributed by atoms with Gasteiger partial charge < -0.3 is 16.4 Å². The fourth-order valence-corrected chi connectivity index (χ4v) is 4.26. The van der Waals surface area contributed by atoms with Gasteiger partial charge in [0.15, 0.2) is 6.29 Å². The lowest BCUT2D eigenvalue weighted by Crippen LogP contribution is -2.40. The minimum atomic E-state index is 0.295. The first kappa shape index (κ1) is 14.6. The third-order valence-electron chi connectivity index (χ3n) is 3.87. The number of nitrogens with two attached hydrogens (primary N) is 2. The van der Waals surface area contributed by atoms with Crippen LogP contribution in [0, 0.1) is 0 Å². The van der Waals surface area contributed by atoms with Crippen molar-refractivity contribution < 1.29 is 4.79 Å². The van der Waals surface area contributed by atoms with Crippen LogP contribution in [0.25, 0.3) is 10.2 Å².